The van der Waals surface area contributed by atoms with E-state index in [1.807, 2.05) is 24.4 Å². The molecule has 3 nitrogen and oxygen atoms in total. The first-order chi connectivity index (χ1) is 8.40. The number of hydrogen-bond donors (Lipinski definition) is 0. The van der Waals surface area contributed by atoms with Crippen molar-refractivity contribution in [3.8, 4) is 11.5 Å². The van der Waals surface area contributed by atoms with Crippen LogP contribution in [0.1, 0.15) is 0 Å². The van der Waals surface area contributed by atoms with Gasteiger partial charge in [0.25, 0.3) is 5.52 Å². The highest BCUT2D eigenvalue weighted by molar-refractivity contribution is 5.84. The summed E-state index contributed by atoms with van der Waals surface area (Å²) in [5.41, 5.74) is 1.07. The second-order valence-corrected chi connectivity index (χ2v) is 3.98. The molecule has 4 heteroatoms. The molecule has 0 unspecified atom stereocenters. The van der Waals surface area contributed by atoms with Crippen molar-refractivity contribution in [2.75, 3.05) is 13.2 Å². The van der Waals surface area contributed by atoms with E-state index in [-0.39, 0.29) is 24.0 Å². The molecule has 2 heterocycles. The van der Waals surface area contributed by atoms with Crippen LogP contribution in [0, 0.1) is 0 Å². The van der Waals surface area contributed by atoms with Crippen molar-refractivity contribution in [1.82, 2.24) is 0 Å². The first-order valence-electron chi connectivity index (χ1n) is 5.72. The Kier molecular flexibility index (Phi) is 4.06. The lowest BCUT2D eigenvalue weighted by atomic mass is 10.1. The van der Waals surface area contributed by atoms with Crippen LogP contribution in [0.5, 0.6) is 11.5 Å². The van der Waals surface area contributed by atoms with Crippen LogP contribution in [-0.4, -0.2) is 13.2 Å². The molecule has 0 amide bonds. The Morgan fingerprint density at radius 2 is 2.06 bits per heavy atom. The molecule has 1 aliphatic rings. The number of fused-ring (bicyclic) bond motifs is 3. The predicted molar refractivity (Wildman–Crippen MR) is 65.3 cm³/mol. The Morgan fingerprint density at radius 1 is 1.22 bits per heavy atom. The van der Waals surface area contributed by atoms with E-state index in [1.165, 1.54) is 0 Å². The van der Waals surface area contributed by atoms with Crippen LogP contribution >= 0.6 is 0 Å². The molecule has 1 aromatic carbocycles. The van der Waals surface area contributed by atoms with E-state index in [2.05, 4.69) is 23.3 Å². The monoisotopic (exact) mass is 355 g/mol. The lowest BCUT2D eigenvalue weighted by molar-refractivity contribution is -0.661. The number of nitrogens with zero attached hydrogens (tertiary/aromatic N) is 1. The van der Waals surface area contributed by atoms with Crippen molar-refractivity contribution in [3.63, 3.8) is 0 Å². The number of pyridine rings is 1. The number of aromatic nitrogens is 1. The molecule has 0 N–H and O–H groups in total. The van der Waals surface area contributed by atoms with Crippen LogP contribution in [0.4, 0.5) is 0 Å². The third-order valence-corrected chi connectivity index (χ3v) is 2.87. The average molecular weight is 355 g/mol. The summed E-state index contributed by atoms with van der Waals surface area (Å²) in [5, 5.41) is 1.15. The maximum Gasteiger partial charge on any atom is 0.259 e. The summed E-state index contributed by atoms with van der Waals surface area (Å²) in [6, 6.07) is 8.13. The molecule has 2 aromatic rings. The molecule has 0 saturated heterocycles. The zero-order valence-electron chi connectivity index (χ0n) is 9.93. The minimum atomic E-state index is 0. The molecule has 3 rings (SSSR count). The van der Waals surface area contributed by atoms with Gasteiger partial charge in [-0.25, -0.2) is 0 Å². The van der Waals surface area contributed by atoms with Gasteiger partial charge >= 0.3 is 0 Å². The second-order valence-electron chi connectivity index (χ2n) is 3.98. The van der Waals surface area contributed by atoms with Crippen LogP contribution in [0.2, 0.25) is 0 Å². The van der Waals surface area contributed by atoms with Gasteiger partial charge in [-0.3, -0.25) is 0 Å². The van der Waals surface area contributed by atoms with E-state index < -0.39 is 0 Å². The zero-order chi connectivity index (χ0) is 11.7. The molecule has 0 radical (unpaired) electrons. The Labute approximate surface area is 123 Å². The SMILES string of the molecule is C=CC[n+]1cccc2ccc3c(c21)OCCO3.[I-]. The minimum absolute atomic E-state index is 0. The molecular formula is C14H14INO2. The van der Waals surface area contributed by atoms with Crippen molar-refractivity contribution in [3.05, 3.63) is 43.1 Å². The number of rotatable bonds is 2. The van der Waals surface area contributed by atoms with Gasteiger partial charge in [0.2, 0.25) is 5.75 Å². The Hall–Kier alpha value is -1.30. The van der Waals surface area contributed by atoms with E-state index in [1.54, 1.807) is 0 Å². The summed E-state index contributed by atoms with van der Waals surface area (Å²) >= 11 is 0. The number of benzene rings is 1. The number of hydrogen-bond acceptors (Lipinski definition) is 2. The average Bonchev–Trinajstić information content (AvgIpc) is 2.39. The summed E-state index contributed by atoms with van der Waals surface area (Å²) in [7, 11) is 0. The fourth-order valence-corrected chi connectivity index (χ4v) is 2.16. The van der Waals surface area contributed by atoms with Gasteiger partial charge in [0.1, 0.15) is 13.2 Å². The standard InChI is InChI=1S/C14H14NO2.HI/c1-2-7-15-8-3-4-11-5-6-12-14(13(11)15)17-10-9-16-12;/h2-6,8H,1,7,9-10H2;1H/q+1;/p-1. The topological polar surface area (TPSA) is 22.3 Å². The van der Waals surface area contributed by atoms with Gasteiger partial charge in [-0.1, -0.05) is 6.58 Å². The van der Waals surface area contributed by atoms with Crippen LogP contribution in [0.25, 0.3) is 10.9 Å². The molecule has 0 bridgehead atoms. The zero-order valence-corrected chi connectivity index (χ0v) is 12.1. The third kappa shape index (κ3) is 2.16. The van der Waals surface area contributed by atoms with E-state index in [0.29, 0.717) is 13.2 Å². The summed E-state index contributed by atoms with van der Waals surface area (Å²) < 4.78 is 13.5. The predicted octanol–water partition coefficient (Wildman–Crippen LogP) is -0.911. The summed E-state index contributed by atoms with van der Waals surface area (Å²) in [4.78, 5) is 0. The molecule has 1 aromatic heterocycles. The highest BCUT2D eigenvalue weighted by atomic mass is 127. The fourth-order valence-electron chi connectivity index (χ4n) is 2.16. The largest absolute Gasteiger partial charge is 1.00 e. The fraction of sp³-hybridized carbons (Fsp3) is 0.214. The molecular weight excluding hydrogens is 341 g/mol. The van der Waals surface area contributed by atoms with E-state index in [9.17, 15) is 0 Å². The molecule has 0 fully saturated rings. The number of ether oxygens (including phenoxy) is 2. The van der Waals surface area contributed by atoms with Gasteiger partial charge in [-0.05, 0) is 24.3 Å². The molecule has 0 atom stereocenters. The maximum absolute atomic E-state index is 5.74. The summed E-state index contributed by atoms with van der Waals surface area (Å²) in [6.07, 6.45) is 3.91. The summed E-state index contributed by atoms with van der Waals surface area (Å²) in [6.45, 7) is 5.77. The second kappa shape index (κ2) is 5.56. The van der Waals surface area contributed by atoms with Crippen molar-refractivity contribution in [1.29, 1.82) is 0 Å². The van der Waals surface area contributed by atoms with Crippen LogP contribution in [0.15, 0.2) is 43.1 Å². The van der Waals surface area contributed by atoms with Crippen LogP contribution in [0.3, 0.4) is 0 Å². The lowest BCUT2D eigenvalue weighted by Crippen LogP contribution is -3.00. The van der Waals surface area contributed by atoms with Crippen molar-refractivity contribution >= 4 is 10.9 Å². The van der Waals surface area contributed by atoms with Crippen molar-refractivity contribution in [2.45, 2.75) is 6.54 Å². The Morgan fingerprint density at radius 3 is 2.89 bits per heavy atom. The lowest BCUT2D eigenvalue weighted by Gasteiger charge is -2.18. The van der Waals surface area contributed by atoms with Gasteiger partial charge in [0.05, 0.1) is 5.39 Å². The molecule has 0 saturated carbocycles. The number of halogens is 1. The van der Waals surface area contributed by atoms with Crippen molar-refractivity contribution in [2.24, 2.45) is 0 Å². The molecule has 0 aliphatic carbocycles. The first-order valence-corrected chi connectivity index (χ1v) is 5.72. The smallest absolute Gasteiger partial charge is 0.259 e. The molecule has 18 heavy (non-hydrogen) atoms. The minimum Gasteiger partial charge on any atom is -1.00 e. The normalized spacial score (nSPS) is 12.9. The van der Waals surface area contributed by atoms with Crippen LogP contribution < -0.4 is 38.0 Å². The Balaban J connectivity index is 0.00000120. The van der Waals surface area contributed by atoms with Gasteiger partial charge in [-0.2, -0.15) is 4.57 Å². The van der Waals surface area contributed by atoms with Gasteiger partial charge < -0.3 is 33.5 Å². The van der Waals surface area contributed by atoms with Gasteiger partial charge in [0.15, 0.2) is 18.5 Å². The van der Waals surface area contributed by atoms with Crippen molar-refractivity contribution < 1.29 is 38.0 Å². The number of allylic oxidation sites excluding steroid dienone is 1. The highest BCUT2D eigenvalue weighted by Crippen LogP contribution is 2.35. The van der Waals surface area contributed by atoms with Crippen LogP contribution in [-0.2, 0) is 6.54 Å². The molecule has 0 spiro atoms. The van der Waals surface area contributed by atoms with E-state index >= 15 is 0 Å². The summed E-state index contributed by atoms with van der Waals surface area (Å²) in [5.74, 6) is 1.67. The third-order valence-electron chi connectivity index (χ3n) is 2.87. The van der Waals surface area contributed by atoms with Gasteiger partial charge in [0, 0.05) is 6.07 Å². The quantitative estimate of drug-likeness (QED) is 0.396. The van der Waals surface area contributed by atoms with Gasteiger partial charge in [-0.15, -0.1) is 0 Å². The van der Waals surface area contributed by atoms with E-state index in [0.717, 1.165) is 28.9 Å². The first kappa shape index (κ1) is 13.1. The molecule has 94 valence electrons. The molecule has 1 aliphatic heterocycles. The Bertz CT molecular complexity index is 583. The maximum atomic E-state index is 5.74. The highest BCUT2D eigenvalue weighted by Gasteiger charge is 2.21. The van der Waals surface area contributed by atoms with E-state index in [4.69, 9.17) is 9.47 Å².